The fourth-order valence-corrected chi connectivity index (χ4v) is 2.88. The number of nitrogens with zero attached hydrogens (tertiary/aromatic N) is 2. The summed E-state index contributed by atoms with van der Waals surface area (Å²) in [7, 11) is 3.96. The van der Waals surface area contributed by atoms with Crippen molar-refractivity contribution in [3.8, 4) is 11.4 Å². The van der Waals surface area contributed by atoms with Gasteiger partial charge in [-0.1, -0.05) is 6.07 Å². The number of hydrogen-bond acceptors (Lipinski definition) is 4. The van der Waals surface area contributed by atoms with E-state index in [4.69, 9.17) is 0 Å². The lowest BCUT2D eigenvalue weighted by molar-refractivity contribution is 0.0952. The monoisotopic (exact) mass is 386 g/mol. The first-order chi connectivity index (χ1) is 10.6. The molecular formula is C16H20Cl2N4OS. The van der Waals surface area contributed by atoms with Gasteiger partial charge >= 0.3 is 0 Å². The summed E-state index contributed by atoms with van der Waals surface area (Å²) in [5, 5.41) is 6.98. The number of aromatic nitrogens is 2. The van der Waals surface area contributed by atoms with Gasteiger partial charge in [0.15, 0.2) is 0 Å². The van der Waals surface area contributed by atoms with E-state index in [-0.39, 0.29) is 30.7 Å². The number of fused-ring (bicyclic) bond motifs is 1. The Kier molecular flexibility index (Phi) is 7.69. The van der Waals surface area contributed by atoms with Crippen LogP contribution in [0.4, 0.5) is 0 Å². The normalized spacial score (nSPS) is 10.3. The third-order valence-corrected chi connectivity index (χ3v) is 4.08. The Morgan fingerprint density at radius 1 is 1.29 bits per heavy atom. The molecule has 3 aromatic rings. The van der Waals surface area contributed by atoms with Crippen molar-refractivity contribution in [2.75, 3.05) is 27.2 Å². The molecule has 0 saturated carbocycles. The first kappa shape index (κ1) is 20.4. The predicted molar refractivity (Wildman–Crippen MR) is 105 cm³/mol. The number of amides is 1. The summed E-state index contributed by atoms with van der Waals surface area (Å²) in [6.07, 6.45) is 0. The maximum Gasteiger partial charge on any atom is 0.253 e. The van der Waals surface area contributed by atoms with Crippen LogP contribution in [0.25, 0.3) is 22.4 Å². The Balaban J connectivity index is 0.00000144. The van der Waals surface area contributed by atoms with Gasteiger partial charge in [-0.2, -0.15) is 11.3 Å². The summed E-state index contributed by atoms with van der Waals surface area (Å²) in [5.74, 6) is 0.709. The first-order valence-electron chi connectivity index (χ1n) is 7.09. The highest BCUT2D eigenvalue weighted by Gasteiger charge is 2.14. The van der Waals surface area contributed by atoms with Crippen LogP contribution >= 0.6 is 36.2 Å². The van der Waals surface area contributed by atoms with Gasteiger partial charge in [0.2, 0.25) is 0 Å². The maximum atomic E-state index is 12.4. The van der Waals surface area contributed by atoms with E-state index >= 15 is 0 Å². The molecule has 0 bridgehead atoms. The van der Waals surface area contributed by atoms with Gasteiger partial charge in [-0.3, -0.25) is 4.79 Å². The summed E-state index contributed by atoms with van der Waals surface area (Å²) < 4.78 is 0. The highest BCUT2D eigenvalue weighted by Crippen LogP contribution is 2.24. The Bertz CT molecular complexity index is 787. The molecule has 2 heterocycles. The number of para-hydroxylation sites is 1. The van der Waals surface area contributed by atoms with Gasteiger partial charge in [0.25, 0.3) is 5.91 Å². The molecule has 3 rings (SSSR count). The Labute approximate surface area is 157 Å². The smallest absolute Gasteiger partial charge is 0.253 e. The van der Waals surface area contributed by atoms with Gasteiger partial charge < -0.3 is 15.2 Å². The number of imidazole rings is 1. The number of hydrogen-bond donors (Lipinski definition) is 2. The van der Waals surface area contributed by atoms with Crippen molar-refractivity contribution in [2.45, 2.75) is 0 Å². The third-order valence-electron chi connectivity index (χ3n) is 3.40. The summed E-state index contributed by atoms with van der Waals surface area (Å²) in [5.41, 5.74) is 3.24. The Morgan fingerprint density at radius 3 is 2.75 bits per heavy atom. The summed E-state index contributed by atoms with van der Waals surface area (Å²) in [6, 6.07) is 7.64. The molecule has 2 aromatic heterocycles. The van der Waals surface area contributed by atoms with E-state index in [9.17, 15) is 4.79 Å². The highest BCUT2D eigenvalue weighted by atomic mass is 35.5. The van der Waals surface area contributed by atoms with Crippen molar-refractivity contribution in [3.63, 3.8) is 0 Å². The molecule has 0 fully saturated rings. The second-order valence-electron chi connectivity index (χ2n) is 5.36. The largest absolute Gasteiger partial charge is 0.351 e. The molecule has 0 aliphatic carbocycles. The SMILES string of the molecule is CN(C)CCNC(=O)c1cccc2[nH]c(-c3ccsc3)nc12.Cl.Cl. The van der Waals surface area contributed by atoms with E-state index in [0.29, 0.717) is 17.6 Å². The van der Waals surface area contributed by atoms with Crippen molar-refractivity contribution in [1.29, 1.82) is 0 Å². The molecule has 0 aliphatic heterocycles. The fraction of sp³-hybridized carbons (Fsp3) is 0.250. The number of nitrogens with one attached hydrogen (secondary N) is 2. The average Bonchev–Trinajstić information content (AvgIpc) is 3.14. The van der Waals surface area contributed by atoms with Crippen LogP contribution in [0.3, 0.4) is 0 Å². The quantitative estimate of drug-likeness (QED) is 0.705. The molecule has 0 saturated heterocycles. The van der Waals surface area contributed by atoms with Crippen LogP contribution in [0.2, 0.25) is 0 Å². The van der Waals surface area contributed by atoms with Crippen LogP contribution in [-0.2, 0) is 0 Å². The number of carbonyl (C=O) groups is 1. The second-order valence-corrected chi connectivity index (χ2v) is 6.14. The van der Waals surface area contributed by atoms with Crippen molar-refractivity contribution in [3.05, 3.63) is 40.6 Å². The number of rotatable bonds is 5. The van der Waals surface area contributed by atoms with Crippen LogP contribution in [0.1, 0.15) is 10.4 Å². The zero-order chi connectivity index (χ0) is 15.5. The minimum atomic E-state index is -0.0872. The molecule has 1 amide bonds. The van der Waals surface area contributed by atoms with Crippen molar-refractivity contribution in [1.82, 2.24) is 20.2 Å². The molecule has 130 valence electrons. The van der Waals surface area contributed by atoms with Crippen LogP contribution in [-0.4, -0.2) is 48.0 Å². The van der Waals surface area contributed by atoms with Crippen LogP contribution in [0, 0.1) is 0 Å². The molecule has 2 N–H and O–H groups in total. The number of H-pyrrole nitrogens is 1. The number of thiophene rings is 1. The zero-order valence-corrected chi connectivity index (χ0v) is 15.9. The predicted octanol–water partition coefficient (Wildman–Crippen LogP) is 3.43. The maximum absolute atomic E-state index is 12.4. The molecule has 0 radical (unpaired) electrons. The van der Waals surface area contributed by atoms with E-state index in [1.165, 1.54) is 0 Å². The summed E-state index contributed by atoms with van der Waals surface area (Å²) >= 11 is 1.62. The molecule has 0 spiro atoms. The lowest BCUT2D eigenvalue weighted by Crippen LogP contribution is -2.31. The van der Waals surface area contributed by atoms with E-state index in [1.807, 2.05) is 54.0 Å². The number of benzene rings is 1. The molecular weight excluding hydrogens is 367 g/mol. The minimum Gasteiger partial charge on any atom is -0.351 e. The Morgan fingerprint density at radius 2 is 2.08 bits per heavy atom. The highest BCUT2D eigenvalue weighted by molar-refractivity contribution is 7.08. The van der Waals surface area contributed by atoms with Crippen LogP contribution in [0.15, 0.2) is 35.0 Å². The molecule has 0 unspecified atom stereocenters. The molecule has 8 heteroatoms. The van der Waals surface area contributed by atoms with Gasteiger partial charge in [0, 0.05) is 24.0 Å². The molecule has 24 heavy (non-hydrogen) atoms. The number of carbonyl (C=O) groups excluding carboxylic acids is 1. The van der Waals surface area contributed by atoms with Crippen molar-refractivity contribution >= 4 is 53.1 Å². The lowest BCUT2D eigenvalue weighted by atomic mass is 10.1. The van der Waals surface area contributed by atoms with Crippen molar-refractivity contribution in [2.24, 2.45) is 0 Å². The van der Waals surface area contributed by atoms with Gasteiger partial charge in [0.1, 0.15) is 11.3 Å². The molecule has 0 atom stereocenters. The average molecular weight is 387 g/mol. The number of halogens is 2. The topological polar surface area (TPSA) is 61.0 Å². The van der Waals surface area contributed by atoms with E-state index < -0.39 is 0 Å². The van der Waals surface area contributed by atoms with Crippen LogP contribution in [0.5, 0.6) is 0 Å². The summed E-state index contributed by atoms with van der Waals surface area (Å²) in [6.45, 7) is 1.42. The van der Waals surface area contributed by atoms with Gasteiger partial charge in [0.05, 0.1) is 11.1 Å². The van der Waals surface area contributed by atoms with Crippen LogP contribution < -0.4 is 5.32 Å². The number of likely N-dealkylation sites (N-methyl/N-ethyl adjacent to an activating group) is 1. The van der Waals surface area contributed by atoms with Crippen molar-refractivity contribution < 1.29 is 4.79 Å². The summed E-state index contributed by atoms with van der Waals surface area (Å²) in [4.78, 5) is 22.3. The van der Waals surface area contributed by atoms with Gasteiger partial charge in [-0.15, -0.1) is 24.8 Å². The standard InChI is InChI=1S/C16H18N4OS.2ClH/c1-20(2)8-7-17-16(21)12-4-3-5-13-14(12)19-15(18-13)11-6-9-22-10-11;;/h3-6,9-10H,7-8H2,1-2H3,(H,17,21)(H,18,19);2*1H. The first-order valence-corrected chi connectivity index (χ1v) is 8.03. The Hall–Kier alpha value is -1.60. The number of aromatic amines is 1. The fourth-order valence-electron chi connectivity index (χ4n) is 2.24. The van der Waals surface area contributed by atoms with E-state index in [1.54, 1.807) is 11.3 Å². The van der Waals surface area contributed by atoms with Gasteiger partial charge in [-0.25, -0.2) is 4.98 Å². The third kappa shape index (κ3) is 4.48. The minimum absolute atomic E-state index is 0. The lowest BCUT2D eigenvalue weighted by Gasteiger charge is -2.10. The zero-order valence-electron chi connectivity index (χ0n) is 13.4. The molecule has 0 aliphatic rings. The van der Waals surface area contributed by atoms with E-state index in [0.717, 1.165) is 23.4 Å². The molecule has 1 aromatic carbocycles. The molecule has 5 nitrogen and oxygen atoms in total. The van der Waals surface area contributed by atoms with E-state index in [2.05, 4.69) is 15.3 Å². The second kappa shape index (κ2) is 9.03. The van der Waals surface area contributed by atoms with Gasteiger partial charge in [-0.05, 0) is 37.7 Å².